The third kappa shape index (κ3) is 7.11. The zero-order valence-corrected chi connectivity index (χ0v) is 21.0. The third-order valence-electron chi connectivity index (χ3n) is 6.55. The van der Waals surface area contributed by atoms with E-state index in [2.05, 4.69) is 15.6 Å². The molecule has 1 aromatic carbocycles. The van der Waals surface area contributed by atoms with Crippen LogP contribution in [0.1, 0.15) is 68.7 Å². The Hall–Kier alpha value is -2.78. The minimum atomic E-state index is -0.766. The smallest absolute Gasteiger partial charge is 0.247 e. The van der Waals surface area contributed by atoms with E-state index >= 15 is 0 Å². The number of rotatable bonds is 10. The molecule has 1 saturated heterocycles. The third-order valence-corrected chi connectivity index (χ3v) is 7.43. The fourth-order valence-corrected chi connectivity index (χ4v) is 5.48. The van der Waals surface area contributed by atoms with Gasteiger partial charge in [0.25, 0.3) is 0 Å². The van der Waals surface area contributed by atoms with Gasteiger partial charge in [-0.2, -0.15) is 0 Å². The van der Waals surface area contributed by atoms with Gasteiger partial charge in [0, 0.05) is 37.4 Å². The second-order valence-corrected chi connectivity index (χ2v) is 10.2. The van der Waals surface area contributed by atoms with Crippen LogP contribution in [0, 0.1) is 6.92 Å². The van der Waals surface area contributed by atoms with Gasteiger partial charge in [-0.3, -0.25) is 14.4 Å². The van der Waals surface area contributed by atoms with Gasteiger partial charge >= 0.3 is 0 Å². The standard InChI is InChI=1S/C26H34N4O4S/c1-18-17-35-26(27-18)29-22(31)13-14-23(32)30(16-21-12-7-15-34-21)24(19-8-3-2-4-9-19)25(33)28-20-10-5-6-11-20/h2-4,8-9,17,20-21,24H,5-7,10-16H2,1H3,(H,28,33)(H,27,29,31)/t21-,24-/m0/s1. The lowest BCUT2D eigenvalue weighted by Gasteiger charge is -2.34. The van der Waals surface area contributed by atoms with E-state index in [1.54, 1.807) is 4.90 Å². The molecule has 1 saturated carbocycles. The average molecular weight is 499 g/mol. The maximum Gasteiger partial charge on any atom is 0.247 e. The molecule has 2 heterocycles. The molecule has 0 radical (unpaired) electrons. The Morgan fingerprint density at radius 2 is 1.89 bits per heavy atom. The number of benzene rings is 1. The fraction of sp³-hybridized carbons (Fsp3) is 0.538. The number of aromatic nitrogens is 1. The zero-order chi connectivity index (χ0) is 24.6. The van der Waals surface area contributed by atoms with Crippen LogP contribution in [-0.2, 0) is 19.1 Å². The summed E-state index contributed by atoms with van der Waals surface area (Å²) in [5.74, 6) is -0.671. The summed E-state index contributed by atoms with van der Waals surface area (Å²) in [5, 5.41) is 8.31. The molecular formula is C26H34N4O4S. The van der Waals surface area contributed by atoms with Crippen molar-refractivity contribution < 1.29 is 19.1 Å². The Morgan fingerprint density at radius 1 is 1.11 bits per heavy atom. The first-order chi connectivity index (χ1) is 17.0. The van der Waals surface area contributed by atoms with Crippen molar-refractivity contribution in [3.05, 3.63) is 47.0 Å². The molecule has 1 aromatic heterocycles. The van der Waals surface area contributed by atoms with Crippen molar-refractivity contribution in [2.45, 2.75) is 76.5 Å². The topological polar surface area (TPSA) is 101 Å². The van der Waals surface area contributed by atoms with Crippen LogP contribution in [0.2, 0.25) is 0 Å². The normalized spacial score (nSPS) is 18.8. The number of anilines is 1. The number of nitrogens with zero attached hydrogens (tertiary/aromatic N) is 2. The van der Waals surface area contributed by atoms with Gasteiger partial charge in [0.1, 0.15) is 6.04 Å². The lowest BCUT2D eigenvalue weighted by Crippen LogP contribution is -2.48. The minimum absolute atomic E-state index is 0.00293. The molecule has 0 bridgehead atoms. The summed E-state index contributed by atoms with van der Waals surface area (Å²) in [7, 11) is 0. The van der Waals surface area contributed by atoms with Crippen LogP contribution < -0.4 is 10.6 Å². The van der Waals surface area contributed by atoms with Gasteiger partial charge in [0.15, 0.2) is 5.13 Å². The SMILES string of the molecule is Cc1csc(NC(=O)CCC(=O)N(C[C@@H]2CCCO2)[C@H](C(=O)NC2CCCC2)c2ccccc2)n1. The predicted octanol–water partition coefficient (Wildman–Crippen LogP) is 3.98. The van der Waals surface area contributed by atoms with Gasteiger partial charge in [-0.25, -0.2) is 4.98 Å². The number of hydrogen-bond acceptors (Lipinski definition) is 6. The Kier molecular flexibility index (Phi) is 8.87. The molecule has 2 aromatic rings. The van der Waals surface area contributed by atoms with Gasteiger partial charge in [0.05, 0.1) is 11.8 Å². The molecule has 8 nitrogen and oxygen atoms in total. The van der Waals surface area contributed by atoms with Crippen LogP contribution in [0.25, 0.3) is 0 Å². The molecule has 2 fully saturated rings. The van der Waals surface area contributed by atoms with Crippen molar-refractivity contribution in [2.75, 3.05) is 18.5 Å². The van der Waals surface area contributed by atoms with Crippen molar-refractivity contribution in [1.82, 2.24) is 15.2 Å². The second-order valence-electron chi connectivity index (χ2n) is 9.33. The van der Waals surface area contributed by atoms with Crippen LogP contribution in [0.4, 0.5) is 5.13 Å². The molecule has 2 N–H and O–H groups in total. The van der Waals surface area contributed by atoms with Crippen molar-refractivity contribution in [1.29, 1.82) is 0 Å². The Bertz CT molecular complexity index is 1000. The highest BCUT2D eigenvalue weighted by Crippen LogP contribution is 2.27. The van der Waals surface area contributed by atoms with E-state index in [4.69, 9.17) is 4.74 Å². The summed E-state index contributed by atoms with van der Waals surface area (Å²) in [4.78, 5) is 45.5. The number of thiazole rings is 1. The number of carbonyl (C=O) groups is 3. The summed E-state index contributed by atoms with van der Waals surface area (Å²) in [6.07, 6.45) is 5.82. The van der Waals surface area contributed by atoms with Crippen molar-refractivity contribution >= 4 is 34.2 Å². The minimum Gasteiger partial charge on any atom is -0.376 e. The first-order valence-electron chi connectivity index (χ1n) is 12.5. The van der Waals surface area contributed by atoms with Crippen molar-refractivity contribution in [3.8, 4) is 0 Å². The van der Waals surface area contributed by atoms with E-state index in [0.717, 1.165) is 49.8 Å². The number of aryl methyl sites for hydroxylation is 1. The molecule has 9 heteroatoms. The van der Waals surface area contributed by atoms with E-state index in [1.165, 1.54) is 11.3 Å². The average Bonchev–Trinajstić information content (AvgIpc) is 3.62. The lowest BCUT2D eigenvalue weighted by molar-refractivity contribution is -0.143. The first kappa shape index (κ1) is 25.3. The molecule has 0 spiro atoms. The molecule has 2 atom stereocenters. The van der Waals surface area contributed by atoms with Crippen LogP contribution in [0.3, 0.4) is 0 Å². The summed E-state index contributed by atoms with van der Waals surface area (Å²) < 4.78 is 5.83. The maximum absolute atomic E-state index is 13.6. The second kappa shape index (κ2) is 12.3. The highest BCUT2D eigenvalue weighted by atomic mass is 32.1. The highest BCUT2D eigenvalue weighted by molar-refractivity contribution is 7.13. The summed E-state index contributed by atoms with van der Waals surface area (Å²) in [5.41, 5.74) is 1.60. The van der Waals surface area contributed by atoms with Gasteiger partial charge in [-0.15, -0.1) is 11.3 Å². The number of carbonyl (C=O) groups excluding carboxylic acids is 3. The summed E-state index contributed by atoms with van der Waals surface area (Å²) in [6, 6.07) is 8.79. The van der Waals surface area contributed by atoms with Crippen LogP contribution >= 0.6 is 11.3 Å². The van der Waals surface area contributed by atoms with E-state index < -0.39 is 6.04 Å². The van der Waals surface area contributed by atoms with E-state index in [-0.39, 0.29) is 42.7 Å². The Labute approximate surface area is 210 Å². The molecule has 1 aliphatic carbocycles. The van der Waals surface area contributed by atoms with Crippen LogP contribution in [-0.4, -0.2) is 52.9 Å². The van der Waals surface area contributed by atoms with Crippen molar-refractivity contribution in [2.24, 2.45) is 0 Å². The summed E-state index contributed by atoms with van der Waals surface area (Å²) in [6.45, 7) is 2.84. The first-order valence-corrected chi connectivity index (χ1v) is 13.4. The van der Waals surface area contributed by atoms with E-state index in [0.29, 0.717) is 18.3 Å². The highest BCUT2D eigenvalue weighted by Gasteiger charge is 2.35. The molecule has 1 aliphatic heterocycles. The number of amides is 3. The Morgan fingerprint density at radius 3 is 2.54 bits per heavy atom. The van der Waals surface area contributed by atoms with Crippen LogP contribution in [0.15, 0.2) is 35.7 Å². The largest absolute Gasteiger partial charge is 0.376 e. The van der Waals surface area contributed by atoms with Crippen LogP contribution in [0.5, 0.6) is 0 Å². The molecule has 3 amide bonds. The maximum atomic E-state index is 13.6. The monoisotopic (exact) mass is 498 g/mol. The molecule has 188 valence electrons. The molecule has 0 unspecified atom stereocenters. The number of nitrogens with one attached hydrogen (secondary N) is 2. The number of hydrogen-bond donors (Lipinski definition) is 2. The van der Waals surface area contributed by atoms with Gasteiger partial charge in [-0.05, 0) is 38.2 Å². The predicted molar refractivity (Wildman–Crippen MR) is 135 cm³/mol. The number of ether oxygens (including phenoxy) is 1. The van der Waals surface area contributed by atoms with Gasteiger partial charge in [-0.1, -0.05) is 43.2 Å². The molecule has 35 heavy (non-hydrogen) atoms. The van der Waals surface area contributed by atoms with E-state index in [1.807, 2.05) is 42.6 Å². The summed E-state index contributed by atoms with van der Waals surface area (Å²) >= 11 is 1.35. The quantitative estimate of drug-likeness (QED) is 0.516. The van der Waals surface area contributed by atoms with Gasteiger partial charge in [0.2, 0.25) is 17.7 Å². The van der Waals surface area contributed by atoms with Crippen molar-refractivity contribution in [3.63, 3.8) is 0 Å². The van der Waals surface area contributed by atoms with Gasteiger partial charge < -0.3 is 20.3 Å². The Balaban J connectivity index is 1.50. The fourth-order valence-electron chi connectivity index (χ4n) is 4.77. The van der Waals surface area contributed by atoms with E-state index in [9.17, 15) is 14.4 Å². The lowest BCUT2D eigenvalue weighted by atomic mass is 10.0. The molecule has 2 aliphatic rings. The molecular weight excluding hydrogens is 464 g/mol. The zero-order valence-electron chi connectivity index (χ0n) is 20.2. The molecule has 4 rings (SSSR count).